The topological polar surface area (TPSA) is 9.23 Å². The van der Waals surface area contributed by atoms with Gasteiger partial charge in [-0.2, -0.15) is 0 Å². The molecule has 14 heavy (non-hydrogen) atoms. The molecule has 0 unspecified atom stereocenters. The number of hydrogen-bond acceptors (Lipinski definition) is 1. The molecule has 0 bridgehead atoms. The van der Waals surface area contributed by atoms with Gasteiger partial charge < -0.3 is 4.74 Å². The predicted molar refractivity (Wildman–Crippen MR) is 61.1 cm³/mol. The van der Waals surface area contributed by atoms with Crippen LogP contribution in [-0.4, -0.2) is 6.61 Å². The Morgan fingerprint density at radius 3 is 2.57 bits per heavy atom. The fourth-order valence-corrected chi connectivity index (χ4v) is 1.73. The van der Waals surface area contributed by atoms with Crippen LogP contribution < -0.4 is 4.74 Å². The van der Waals surface area contributed by atoms with Crippen molar-refractivity contribution in [1.29, 1.82) is 0 Å². The largest absolute Gasteiger partial charge is 0.493 e. The standard InChI is InChI=1S/C11H14O.C2H6/c1-8-5-6-11-10(9(8)2)4-3-7-12-11;1-2/h5-6H,3-4,7H2,1-2H3;1-2H3. The molecule has 0 spiro atoms. The lowest BCUT2D eigenvalue weighted by Gasteiger charge is -2.19. The first-order chi connectivity index (χ1) is 6.79. The number of hydrogen-bond donors (Lipinski definition) is 0. The van der Waals surface area contributed by atoms with Crippen LogP contribution in [0.5, 0.6) is 5.75 Å². The second kappa shape index (κ2) is 5.04. The first-order valence-corrected chi connectivity index (χ1v) is 5.51. The average molecular weight is 192 g/mol. The van der Waals surface area contributed by atoms with Crippen LogP contribution in [0.15, 0.2) is 12.1 Å². The van der Waals surface area contributed by atoms with E-state index in [2.05, 4.69) is 26.0 Å². The Morgan fingerprint density at radius 2 is 1.86 bits per heavy atom. The minimum atomic E-state index is 0.884. The maximum absolute atomic E-state index is 5.56. The number of rotatable bonds is 0. The zero-order chi connectivity index (χ0) is 10.6. The summed E-state index contributed by atoms with van der Waals surface area (Å²) in [5.74, 6) is 1.10. The molecule has 1 aromatic carbocycles. The van der Waals surface area contributed by atoms with Crippen molar-refractivity contribution in [2.24, 2.45) is 0 Å². The normalized spacial score (nSPS) is 13.4. The Kier molecular flexibility index (Phi) is 3.99. The van der Waals surface area contributed by atoms with Gasteiger partial charge in [-0.15, -0.1) is 0 Å². The van der Waals surface area contributed by atoms with Crippen LogP contribution in [0.25, 0.3) is 0 Å². The van der Waals surface area contributed by atoms with Crippen molar-refractivity contribution >= 4 is 0 Å². The van der Waals surface area contributed by atoms with E-state index >= 15 is 0 Å². The van der Waals surface area contributed by atoms with E-state index < -0.39 is 0 Å². The third-order valence-electron chi connectivity index (χ3n) is 2.65. The molecule has 0 aromatic heterocycles. The molecular weight excluding hydrogens is 172 g/mol. The summed E-state index contributed by atoms with van der Waals surface area (Å²) < 4.78 is 5.56. The van der Waals surface area contributed by atoms with E-state index in [4.69, 9.17) is 4.74 Å². The van der Waals surface area contributed by atoms with Gasteiger partial charge in [-0.25, -0.2) is 0 Å². The molecule has 0 radical (unpaired) electrons. The smallest absolute Gasteiger partial charge is 0.122 e. The van der Waals surface area contributed by atoms with E-state index in [9.17, 15) is 0 Å². The highest BCUT2D eigenvalue weighted by Gasteiger charge is 2.12. The first kappa shape index (κ1) is 11.1. The van der Waals surface area contributed by atoms with Crippen molar-refractivity contribution in [3.63, 3.8) is 0 Å². The molecule has 78 valence electrons. The second-order valence-corrected chi connectivity index (χ2v) is 3.44. The molecule has 1 aliphatic rings. The average Bonchev–Trinajstić information content (AvgIpc) is 2.27. The van der Waals surface area contributed by atoms with Gasteiger partial charge in [-0.1, -0.05) is 19.9 Å². The molecule has 1 heteroatoms. The van der Waals surface area contributed by atoms with E-state index in [0.29, 0.717) is 0 Å². The molecule has 0 atom stereocenters. The molecular formula is C13H20O. The van der Waals surface area contributed by atoms with Gasteiger partial charge in [0.05, 0.1) is 6.61 Å². The molecule has 1 nitrogen and oxygen atoms in total. The summed E-state index contributed by atoms with van der Waals surface area (Å²) in [5, 5.41) is 0. The Bertz CT molecular complexity index is 302. The van der Waals surface area contributed by atoms with E-state index in [1.54, 1.807) is 0 Å². The quantitative estimate of drug-likeness (QED) is 0.609. The summed E-state index contributed by atoms with van der Waals surface area (Å²) in [4.78, 5) is 0. The SMILES string of the molecule is CC.Cc1ccc2c(c1C)CCCO2. The molecule has 0 aliphatic carbocycles. The van der Waals surface area contributed by atoms with Crippen molar-refractivity contribution in [1.82, 2.24) is 0 Å². The fraction of sp³-hybridized carbons (Fsp3) is 0.538. The summed E-state index contributed by atoms with van der Waals surface area (Å²) >= 11 is 0. The van der Waals surface area contributed by atoms with Crippen molar-refractivity contribution in [3.8, 4) is 5.75 Å². The van der Waals surface area contributed by atoms with Crippen molar-refractivity contribution < 1.29 is 4.74 Å². The van der Waals surface area contributed by atoms with E-state index in [1.165, 1.54) is 23.1 Å². The first-order valence-electron chi connectivity index (χ1n) is 5.51. The van der Waals surface area contributed by atoms with Gasteiger partial charge in [0.1, 0.15) is 5.75 Å². The number of benzene rings is 1. The lowest BCUT2D eigenvalue weighted by molar-refractivity contribution is 0.287. The van der Waals surface area contributed by atoms with Gasteiger partial charge in [0.25, 0.3) is 0 Å². The van der Waals surface area contributed by atoms with Crippen molar-refractivity contribution in [2.75, 3.05) is 6.61 Å². The molecule has 2 rings (SSSR count). The molecule has 0 fully saturated rings. The number of fused-ring (bicyclic) bond motifs is 1. The Morgan fingerprint density at radius 1 is 1.14 bits per heavy atom. The number of aryl methyl sites for hydroxylation is 1. The van der Waals surface area contributed by atoms with E-state index in [0.717, 1.165) is 18.8 Å². The monoisotopic (exact) mass is 192 g/mol. The molecule has 0 N–H and O–H groups in total. The van der Waals surface area contributed by atoms with Crippen molar-refractivity contribution in [2.45, 2.75) is 40.5 Å². The molecule has 0 saturated heterocycles. The zero-order valence-electron chi connectivity index (χ0n) is 9.68. The zero-order valence-corrected chi connectivity index (χ0v) is 9.68. The lowest BCUT2D eigenvalue weighted by Crippen LogP contribution is -2.10. The molecule has 0 amide bonds. The van der Waals surface area contributed by atoms with E-state index in [1.807, 2.05) is 13.8 Å². The molecule has 1 aromatic rings. The van der Waals surface area contributed by atoms with Gasteiger partial charge in [0.2, 0.25) is 0 Å². The highest BCUT2D eigenvalue weighted by Crippen LogP contribution is 2.29. The predicted octanol–water partition coefficient (Wildman–Crippen LogP) is 3.65. The minimum Gasteiger partial charge on any atom is -0.493 e. The number of ether oxygens (including phenoxy) is 1. The highest BCUT2D eigenvalue weighted by atomic mass is 16.5. The molecule has 1 heterocycles. The lowest BCUT2D eigenvalue weighted by atomic mass is 9.97. The molecule has 1 aliphatic heterocycles. The second-order valence-electron chi connectivity index (χ2n) is 3.44. The van der Waals surface area contributed by atoms with Gasteiger partial charge in [0, 0.05) is 0 Å². The Labute approximate surface area is 87.1 Å². The summed E-state index contributed by atoms with van der Waals surface area (Å²) in [7, 11) is 0. The van der Waals surface area contributed by atoms with Gasteiger partial charge in [-0.3, -0.25) is 0 Å². The van der Waals surface area contributed by atoms with E-state index in [-0.39, 0.29) is 0 Å². The minimum absolute atomic E-state index is 0.884. The Balaban J connectivity index is 0.000000461. The maximum Gasteiger partial charge on any atom is 0.122 e. The summed E-state index contributed by atoms with van der Waals surface area (Å²) in [6, 6.07) is 4.23. The fourth-order valence-electron chi connectivity index (χ4n) is 1.73. The van der Waals surface area contributed by atoms with Crippen LogP contribution in [0.1, 0.15) is 37.0 Å². The van der Waals surface area contributed by atoms with Gasteiger partial charge >= 0.3 is 0 Å². The maximum atomic E-state index is 5.56. The third kappa shape index (κ3) is 2.09. The van der Waals surface area contributed by atoms with Crippen LogP contribution >= 0.6 is 0 Å². The van der Waals surface area contributed by atoms with Gasteiger partial charge in [-0.05, 0) is 49.4 Å². The van der Waals surface area contributed by atoms with Crippen LogP contribution in [0.4, 0.5) is 0 Å². The summed E-state index contributed by atoms with van der Waals surface area (Å²) in [5.41, 5.74) is 4.20. The summed E-state index contributed by atoms with van der Waals surface area (Å²) in [6.45, 7) is 9.22. The third-order valence-corrected chi connectivity index (χ3v) is 2.65. The van der Waals surface area contributed by atoms with Crippen molar-refractivity contribution in [3.05, 3.63) is 28.8 Å². The summed E-state index contributed by atoms with van der Waals surface area (Å²) in [6.07, 6.45) is 2.35. The highest BCUT2D eigenvalue weighted by molar-refractivity contribution is 5.44. The van der Waals surface area contributed by atoms with Crippen LogP contribution in [0.2, 0.25) is 0 Å². The van der Waals surface area contributed by atoms with Crippen LogP contribution in [0, 0.1) is 13.8 Å². The Hall–Kier alpha value is -0.980. The van der Waals surface area contributed by atoms with Crippen LogP contribution in [-0.2, 0) is 6.42 Å². The van der Waals surface area contributed by atoms with Crippen LogP contribution in [0.3, 0.4) is 0 Å². The van der Waals surface area contributed by atoms with Gasteiger partial charge in [0.15, 0.2) is 0 Å². The molecule has 0 saturated carbocycles.